The van der Waals surface area contributed by atoms with Crippen molar-refractivity contribution in [3.05, 3.63) is 0 Å². The van der Waals surface area contributed by atoms with Crippen LogP contribution < -0.4 is 16.0 Å². The molecule has 0 aliphatic carbocycles. The van der Waals surface area contributed by atoms with E-state index in [2.05, 4.69) is 16.0 Å². The largest absolute Gasteiger partial charge is 0.335 e. The second kappa shape index (κ2) is 5.35. The van der Waals surface area contributed by atoms with Gasteiger partial charge >= 0.3 is 6.03 Å². The third-order valence-electron chi connectivity index (χ3n) is 2.40. The lowest BCUT2D eigenvalue weighted by Gasteiger charge is -2.23. The van der Waals surface area contributed by atoms with Gasteiger partial charge in [-0.3, -0.25) is 0 Å². The Balaban J connectivity index is 2.30. The van der Waals surface area contributed by atoms with Crippen molar-refractivity contribution in [2.45, 2.75) is 51.6 Å². The summed E-state index contributed by atoms with van der Waals surface area (Å²) in [5.74, 6) is 0. The Morgan fingerprint density at radius 3 is 2.67 bits per heavy atom. The van der Waals surface area contributed by atoms with Gasteiger partial charge in [0.1, 0.15) is 0 Å². The number of amides is 2. The molecule has 1 heterocycles. The number of urea groups is 1. The van der Waals surface area contributed by atoms with Gasteiger partial charge in [0, 0.05) is 11.6 Å². The molecule has 0 aromatic carbocycles. The Labute approximate surface area is 92.2 Å². The number of carbonyl (C=O) groups is 1. The maximum atomic E-state index is 11.6. The molecular weight excluding hydrogens is 190 g/mol. The summed E-state index contributed by atoms with van der Waals surface area (Å²) in [6.45, 7) is 8.03. The Bertz CT molecular complexity index is 202. The van der Waals surface area contributed by atoms with Crippen LogP contribution in [0.15, 0.2) is 0 Å². The molecule has 1 aliphatic heterocycles. The number of nitrogens with one attached hydrogen (secondary N) is 3. The first-order valence-corrected chi connectivity index (χ1v) is 5.77. The second-order valence-electron chi connectivity index (χ2n) is 5.23. The summed E-state index contributed by atoms with van der Waals surface area (Å²) in [4.78, 5) is 11.6. The van der Waals surface area contributed by atoms with Crippen LogP contribution in [-0.4, -0.2) is 30.7 Å². The highest BCUT2D eigenvalue weighted by atomic mass is 16.2. The molecule has 0 aromatic heterocycles. The first-order valence-electron chi connectivity index (χ1n) is 5.77. The molecule has 4 nitrogen and oxygen atoms in total. The summed E-state index contributed by atoms with van der Waals surface area (Å²) in [7, 11) is 0. The van der Waals surface area contributed by atoms with Gasteiger partial charge < -0.3 is 16.0 Å². The molecule has 15 heavy (non-hydrogen) atoms. The Kier molecular flexibility index (Phi) is 4.39. The van der Waals surface area contributed by atoms with Gasteiger partial charge in [-0.1, -0.05) is 0 Å². The van der Waals surface area contributed by atoms with E-state index in [0.717, 1.165) is 32.4 Å². The van der Waals surface area contributed by atoms with Gasteiger partial charge in [-0.2, -0.15) is 0 Å². The Morgan fingerprint density at radius 2 is 2.00 bits per heavy atom. The molecule has 1 atom stereocenters. The fraction of sp³-hybridized carbons (Fsp3) is 0.909. The molecular formula is C11H23N3O. The van der Waals surface area contributed by atoms with Crippen LogP contribution >= 0.6 is 0 Å². The summed E-state index contributed by atoms with van der Waals surface area (Å²) in [6.07, 6.45) is 3.24. The van der Waals surface area contributed by atoms with Crippen molar-refractivity contribution in [3.8, 4) is 0 Å². The van der Waals surface area contributed by atoms with E-state index in [1.807, 2.05) is 20.8 Å². The van der Waals surface area contributed by atoms with Gasteiger partial charge in [0.15, 0.2) is 0 Å². The van der Waals surface area contributed by atoms with Crippen molar-refractivity contribution >= 4 is 6.03 Å². The molecule has 1 fully saturated rings. The zero-order valence-electron chi connectivity index (χ0n) is 10.0. The minimum absolute atomic E-state index is 0.0469. The standard InChI is InChI=1S/C11H23N3O/c1-11(2,3)14-10(15)13-9-5-4-7-12-8-6-9/h9,12H,4-8H2,1-3H3,(H2,13,14,15). The summed E-state index contributed by atoms with van der Waals surface area (Å²) < 4.78 is 0. The average Bonchev–Trinajstić information content (AvgIpc) is 2.28. The van der Waals surface area contributed by atoms with Crippen LogP contribution in [0.2, 0.25) is 0 Å². The van der Waals surface area contributed by atoms with Crippen molar-refractivity contribution in [2.24, 2.45) is 0 Å². The summed E-state index contributed by atoms with van der Waals surface area (Å²) in [5.41, 5.74) is -0.160. The normalized spacial score (nSPS) is 23.0. The van der Waals surface area contributed by atoms with Crippen LogP contribution in [0.5, 0.6) is 0 Å². The van der Waals surface area contributed by atoms with Gasteiger partial charge in [-0.15, -0.1) is 0 Å². The molecule has 0 radical (unpaired) electrons. The monoisotopic (exact) mass is 213 g/mol. The lowest BCUT2D eigenvalue weighted by Crippen LogP contribution is -2.49. The van der Waals surface area contributed by atoms with Gasteiger partial charge in [-0.25, -0.2) is 4.79 Å². The Hall–Kier alpha value is -0.770. The second-order valence-corrected chi connectivity index (χ2v) is 5.23. The average molecular weight is 213 g/mol. The predicted octanol–water partition coefficient (Wildman–Crippen LogP) is 1.23. The SMILES string of the molecule is CC(C)(C)NC(=O)NC1CCCNCC1. The third kappa shape index (κ3) is 5.62. The molecule has 3 N–H and O–H groups in total. The first-order chi connectivity index (χ1) is 6.97. The van der Waals surface area contributed by atoms with Crippen molar-refractivity contribution in [2.75, 3.05) is 13.1 Å². The molecule has 1 aliphatic rings. The number of hydrogen-bond acceptors (Lipinski definition) is 2. The van der Waals surface area contributed by atoms with Crippen LogP contribution in [0.3, 0.4) is 0 Å². The molecule has 1 unspecified atom stereocenters. The number of rotatable bonds is 1. The lowest BCUT2D eigenvalue weighted by molar-refractivity contribution is 0.227. The zero-order valence-corrected chi connectivity index (χ0v) is 10.0. The van der Waals surface area contributed by atoms with Gasteiger partial charge in [-0.05, 0) is 53.1 Å². The molecule has 0 aromatic rings. The highest BCUT2D eigenvalue weighted by Gasteiger charge is 2.17. The van der Waals surface area contributed by atoms with Crippen LogP contribution in [0.25, 0.3) is 0 Å². The molecule has 88 valence electrons. The fourth-order valence-electron chi connectivity index (χ4n) is 1.73. The molecule has 2 amide bonds. The van der Waals surface area contributed by atoms with Crippen molar-refractivity contribution in [1.82, 2.24) is 16.0 Å². The van der Waals surface area contributed by atoms with Crippen molar-refractivity contribution < 1.29 is 4.79 Å². The van der Waals surface area contributed by atoms with E-state index < -0.39 is 0 Å². The Morgan fingerprint density at radius 1 is 1.27 bits per heavy atom. The number of hydrogen-bond donors (Lipinski definition) is 3. The molecule has 0 bridgehead atoms. The van der Waals surface area contributed by atoms with E-state index in [0.29, 0.717) is 6.04 Å². The van der Waals surface area contributed by atoms with Gasteiger partial charge in [0.2, 0.25) is 0 Å². The predicted molar refractivity (Wildman–Crippen MR) is 61.9 cm³/mol. The number of carbonyl (C=O) groups excluding carboxylic acids is 1. The van der Waals surface area contributed by atoms with Crippen molar-refractivity contribution in [3.63, 3.8) is 0 Å². The quantitative estimate of drug-likeness (QED) is 0.613. The van der Waals surface area contributed by atoms with Crippen LogP contribution in [0.4, 0.5) is 4.79 Å². The molecule has 4 heteroatoms. The van der Waals surface area contributed by atoms with E-state index in [4.69, 9.17) is 0 Å². The molecule has 1 rings (SSSR count). The fourth-order valence-corrected chi connectivity index (χ4v) is 1.73. The van der Waals surface area contributed by atoms with Gasteiger partial charge in [0.25, 0.3) is 0 Å². The molecule has 1 saturated heterocycles. The summed E-state index contributed by atoms with van der Waals surface area (Å²) in [5, 5.41) is 9.27. The topological polar surface area (TPSA) is 53.2 Å². The van der Waals surface area contributed by atoms with Crippen LogP contribution in [0.1, 0.15) is 40.0 Å². The van der Waals surface area contributed by atoms with E-state index in [-0.39, 0.29) is 11.6 Å². The van der Waals surface area contributed by atoms with E-state index in [1.54, 1.807) is 0 Å². The zero-order chi connectivity index (χ0) is 11.3. The van der Waals surface area contributed by atoms with Gasteiger partial charge in [0.05, 0.1) is 0 Å². The highest BCUT2D eigenvalue weighted by Crippen LogP contribution is 2.05. The summed E-state index contributed by atoms with van der Waals surface area (Å²) in [6, 6.07) is 0.275. The van der Waals surface area contributed by atoms with Crippen LogP contribution in [0, 0.1) is 0 Å². The minimum atomic E-state index is -0.160. The molecule has 0 saturated carbocycles. The maximum Gasteiger partial charge on any atom is 0.315 e. The first kappa shape index (κ1) is 12.3. The van der Waals surface area contributed by atoms with E-state index in [9.17, 15) is 4.79 Å². The van der Waals surface area contributed by atoms with E-state index >= 15 is 0 Å². The van der Waals surface area contributed by atoms with Crippen LogP contribution in [-0.2, 0) is 0 Å². The minimum Gasteiger partial charge on any atom is -0.335 e. The maximum absolute atomic E-state index is 11.6. The smallest absolute Gasteiger partial charge is 0.315 e. The molecule has 0 spiro atoms. The third-order valence-corrected chi connectivity index (χ3v) is 2.40. The highest BCUT2D eigenvalue weighted by molar-refractivity contribution is 5.74. The summed E-state index contributed by atoms with van der Waals surface area (Å²) >= 11 is 0. The lowest BCUT2D eigenvalue weighted by atomic mass is 10.1. The van der Waals surface area contributed by atoms with Crippen molar-refractivity contribution in [1.29, 1.82) is 0 Å². The van der Waals surface area contributed by atoms with E-state index in [1.165, 1.54) is 0 Å².